The van der Waals surface area contributed by atoms with E-state index in [1.165, 1.54) is 0 Å². The summed E-state index contributed by atoms with van der Waals surface area (Å²) >= 11 is 0. The third-order valence-electron chi connectivity index (χ3n) is 3.60. The van der Waals surface area contributed by atoms with Crippen molar-refractivity contribution >= 4 is 27.7 Å². The number of aliphatic hydroxyl groups excluding tert-OH is 1. The van der Waals surface area contributed by atoms with Crippen LogP contribution in [0.1, 0.15) is 10.4 Å². The van der Waals surface area contributed by atoms with Crippen molar-refractivity contribution < 1.29 is 15.0 Å². The largest absolute Gasteiger partial charge is 0.478 e. The van der Waals surface area contributed by atoms with Crippen LogP contribution >= 0.6 is 10.9 Å². The van der Waals surface area contributed by atoms with Crippen molar-refractivity contribution in [2.45, 2.75) is 4.90 Å². The molecule has 1 aromatic carbocycles. The van der Waals surface area contributed by atoms with E-state index in [0.29, 0.717) is 5.92 Å². The summed E-state index contributed by atoms with van der Waals surface area (Å²) in [6.07, 6.45) is 2.15. The first-order valence-electron chi connectivity index (χ1n) is 6.15. The summed E-state index contributed by atoms with van der Waals surface area (Å²) in [6.45, 7) is 1.92. The number of aliphatic hydroxyl groups is 1. The van der Waals surface area contributed by atoms with Gasteiger partial charge in [0.25, 0.3) is 0 Å². The van der Waals surface area contributed by atoms with Gasteiger partial charge in [0.2, 0.25) is 0 Å². The van der Waals surface area contributed by atoms with Crippen LogP contribution in [-0.2, 0) is 0 Å². The van der Waals surface area contributed by atoms with Crippen molar-refractivity contribution in [2.24, 2.45) is 10.9 Å². The molecule has 102 valence electrons. The molecule has 0 radical (unpaired) electrons. The van der Waals surface area contributed by atoms with Crippen LogP contribution in [0, 0.1) is 5.92 Å². The molecule has 5 nitrogen and oxygen atoms in total. The summed E-state index contributed by atoms with van der Waals surface area (Å²) in [5.74, 6) is -0.569. The molecule has 2 N–H and O–H groups in total. The Kier molecular flexibility index (Phi) is 2.99. The zero-order valence-corrected chi connectivity index (χ0v) is 11.5. The number of benzene rings is 1. The van der Waals surface area contributed by atoms with Crippen LogP contribution in [0.25, 0.3) is 0 Å². The van der Waals surface area contributed by atoms with Crippen LogP contribution < -0.4 is 0 Å². The Morgan fingerprint density at radius 2 is 2.26 bits per heavy atom. The number of aliphatic imine (C=N–C) groups is 1. The number of carboxylic acid groups (broad SMARTS) is 1. The van der Waals surface area contributed by atoms with Gasteiger partial charge in [-0.05, 0) is 24.5 Å². The summed E-state index contributed by atoms with van der Waals surface area (Å²) in [4.78, 5) is 18.9. The molecule has 1 unspecified atom stereocenters. The molecule has 0 saturated carbocycles. The van der Waals surface area contributed by atoms with Gasteiger partial charge in [0.15, 0.2) is 0 Å². The minimum atomic E-state index is -0.920. The van der Waals surface area contributed by atoms with E-state index >= 15 is 0 Å². The van der Waals surface area contributed by atoms with Gasteiger partial charge in [-0.25, -0.2) is 9.79 Å². The van der Waals surface area contributed by atoms with Crippen LogP contribution in [0.4, 0.5) is 5.69 Å². The molecule has 19 heavy (non-hydrogen) atoms. The van der Waals surface area contributed by atoms with Crippen molar-refractivity contribution in [3.8, 4) is 0 Å². The Hall–Kier alpha value is -1.53. The summed E-state index contributed by atoms with van der Waals surface area (Å²) in [7, 11) is -0.493. The first kappa shape index (κ1) is 12.5. The van der Waals surface area contributed by atoms with Gasteiger partial charge in [-0.3, -0.25) is 0 Å². The van der Waals surface area contributed by atoms with E-state index in [2.05, 4.69) is 16.1 Å². The fourth-order valence-electron chi connectivity index (χ4n) is 2.45. The Balaban J connectivity index is 1.86. The van der Waals surface area contributed by atoms with Crippen molar-refractivity contribution in [3.63, 3.8) is 0 Å². The SMILES string of the molecule is C[SH]1C(N2CC(CO)C2)=Nc2cc(C(=O)O)ccc21. The highest BCUT2D eigenvalue weighted by Crippen LogP contribution is 2.49. The molecule has 2 aliphatic heterocycles. The van der Waals surface area contributed by atoms with Crippen molar-refractivity contribution in [1.82, 2.24) is 4.90 Å². The second-order valence-corrected chi connectivity index (χ2v) is 6.93. The number of hydrogen-bond acceptors (Lipinski definition) is 4. The number of fused-ring (bicyclic) bond motifs is 1. The zero-order chi connectivity index (χ0) is 13.6. The van der Waals surface area contributed by atoms with Crippen molar-refractivity contribution in [3.05, 3.63) is 23.8 Å². The number of nitrogens with zero attached hydrogens (tertiary/aromatic N) is 2. The van der Waals surface area contributed by atoms with Crippen molar-refractivity contribution in [2.75, 3.05) is 26.0 Å². The third-order valence-corrected chi connectivity index (χ3v) is 5.69. The summed E-state index contributed by atoms with van der Waals surface area (Å²) < 4.78 is 0. The van der Waals surface area contributed by atoms with Crippen LogP contribution in [0.15, 0.2) is 28.1 Å². The van der Waals surface area contributed by atoms with E-state index in [1.807, 2.05) is 6.07 Å². The molecule has 1 atom stereocenters. The molecule has 0 bridgehead atoms. The number of aromatic carboxylic acids is 1. The monoisotopic (exact) mass is 280 g/mol. The maximum Gasteiger partial charge on any atom is 0.335 e. The van der Waals surface area contributed by atoms with Gasteiger partial charge < -0.3 is 15.1 Å². The maximum atomic E-state index is 11.0. The van der Waals surface area contributed by atoms with Gasteiger partial charge in [0.1, 0.15) is 5.17 Å². The summed E-state index contributed by atoms with van der Waals surface area (Å²) in [5.41, 5.74) is 1.07. The lowest BCUT2D eigenvalue weighted by molar-refractivity contribution is 0.0697. The highest BCUT2D eigenvalue weighted by Gasteiger charge is 2.33. The number of carboxylic acids is 1. The van der Waals surface area contributed by atoms with Crippen molar-refractivity contribution in [1.29, 1.82) is 0 Å². The topological polar surface area (TPSA) is 73.1 Å². The highest BCUT2D eigenvalue weighted by molar-refractivity contribution is 8.29. The van der Waals surface area contributed by atoms with Gasteiger partial charge in [0.05, 0.1) is 11.3 Å². The molecule has 0 amide bonds. The lowest BCUT2D eigenvalue weighted by Gasteiger charge is -2.41. The van der Waals surface area contributed by atoms with Gasteiger partial charge in [0, 0.05) is 30.5 Å². The standard InChI is InChI=1S/C13H16N2O3S/c1-19-11-3-2-9(12(17)18)4-10(11)14-13(19)15-5-8(6-15)7-16/h2-4,8,16,19H,5-7H2,1H3,(H,17,18). The quantitative estimate of drug-likeness (QED) is 0.714. The summed E-state index contributed by atoms with van der Waals surface area (Å²) in [5, 5.41) is 19.1. The van der Waals surface area contributed by atoms with Gasteiger partial charge in [-0.2, -0.15) is 10.9 Å². The molecule has 0 spiro atoms. The number of rotatable bonds is 2. The molecule has 1 aromatic rings. The first-order valence-corrected chi connectivity index (χ1v) is 7.94. The molecule has 6 heteroatoms. The smallest absolute Gasteiger partial charge is 0.335 e. The lowest BCUT2D eigenvalue weighted by Crippen LogP contribution is -2.50. The second kappa shape index (κ2) is 4.54. The van der Waals surface area contributed by atoms with Crippen LogP contribution in [0.5, 0.6) is 0 Å². The molecule has 0 aliphatic carbocycles. The molecular formula is C13H16N2O3S. The molecule has 0 aromatic heterocycles. The van der Waals surface area contributed by atoms with Gasteiger partial charge >= 0.3 is 5.97 Å². The number of likely N-dealkylation sites (tertiary alicyclic amines) is 1. The Labute approximate surface area is 113 Å². The molecular weight excluding hydrogens is 264 g/mol. The number of amidine groups is 1. The Morgan fingerprint density at radius 1 is 1.53 bits per heavy atom. The van der Waals surface area contributed by atoms with Crippen LogP contribution in [-0.4, -0.2) is 52.2 Å². The highest BCUT2D eigenvalue weighted by atomic mass is 32.2. The zero-order valence-electron chi connectivity index (χ0n) is 10.6. The number of hydrogen-bond donors (Lipinski definition) is 3. The van der Waals surface area contributed by atoms with Crippen LogP contribution in [0.2, 0.25) is 0 Å². The van der Waals surface area contributed by atoms with E-state index < -0.39 is 16.9 Å². The van der Waals surface area contributed by atoms with Crippen LogP contribution in [0.3, 0.4) is 0 Å². The molecule has 2 heterocycles. The van der Waals surface area contributed by atoms with E-state index in [1.54, 1.807) is 12.1 Å². The van der Waals surface area contributed by atoms with E-state index in [9.17, 15) is 4.79 Å². The molecule has 2 aliphatic rings. The molecule has 1 saturated heterocycles. The Morgan fingerprint density at radius 3 is 2.89 bits per heavy atom. The van der Waals surface area contributed by atoms with E-state index in [4.69, 9.17) is 10.2 Å². The van der Waals surface area contributed by atoms with E-state index in [0.717, 1.165) is 28.8 Å². The molecule has 3 rings (SSSR count). The fourth-order valence-corrected chi connectivity index (χ4v) is 4.27. The average molecular weight is 280 g/mol. The number of carbonyl (C=O) groups is 1. The maximum absolute atomic E-state index is 11.0. The predicted molar refractivity (Wildman–Crippen MR) is 75.8 cm³/mol. The minimum Gasteiger partial charge on any atom is -0.478 e. The second-order valence-electron chi connectivity index (χ2n) is 4.93. The van der Waals surface area contributed by atoms with Gasteiger partial charge in [-0.1, -0.05) is 0 Å². The normalized spacial score (nSPS) is 23.8. The minimum absolute atomic E-state index is 0.224. The summed E-state index contributed by atoms with van der Waals surface area (Å²) in [6, 6.07) is 5.17. The van der Waals surface area contributed by atoms with E-state index in [-0.39, 0.29) is 12.2 Å². The molecule has 1 fully saturated rings. The Bertz CT molecular complexity index is 567. The lowest BCUT2D eigenvalue weighted by atomic mass is 10.0. The predicted octanol–water partition coefficient (Wildman–Crippen LogP) is 1.30. The first-order chi connectivity index (χ1) is 9.10. The third kappa shape index (κ3) is 2.01. The van der Waals surface area contributed by atoms with Gasteiger partial charge in [-0.15, -0.1) is 0 Å². The average Bonchev–Trinajstić information content (AvgIpc) is 2.65. The number of thiol groups is 1. The fraction of sp³-hybridized carbons (Fsp3) is 0.385.